The van der Waals surface area contributed by atoms with Crippen molar-refractivity contribution in [3.8, 4) is 0 Å². The largest absolute Gasteiger partial charge is 0.353 e. The number of hydrogen-bond acceptors (Lipinski definition) is 3. The molecule has 6 nitrogen and oxygen atoms in total. The number of piperidine rings is 1. The van der Waals surface area contributed by atoms with Gasteiger partial charge in [-0.15, -0.1) is 0 Å². The van der Waals surface area contributed by atoms with Crippen molar-refractivity contribution in [3.05, 3.63) is 30.1 Å². The molecule has 0 aliphatic carbocycles. The first kappa shape index (κ1) is 18.2. The smallest absolute Gasteiger partial charge is 0.317 e. The van der Waals surface area contributed by atoms with Crippen molar-refractivity contribution in [2.24, 2.45) is 5.92 Å². The molecule has 2 N–H and O–H groups in total. The van der Waals surface area contributed by atoms with Crippen molar-refractivity contribution in [3.63, 3.8) is 0 Å². The molecular weight excluding hydrogens is 304 g/mol. The van der Waals surface area contributed by atoms with Crippen molar-refractivity contribution in [1.82, 2.24) is 20.5 Å². The van der Waals surface area contributed by atoms with Gasteiger partial charge in [0.25, 0.3) is 0 Å². The van der Waals surface area contributed by atoms with Gasteiger partial charge >= 0.3 is 6.03 Å². The van der Waals surface area contributed by atoms with Crippen molar-refractivity contribution in [1.29, 1.82) is 0 Å². The Morgan fingerprint density at radius 1 is 1.46 bits per heavy atom. The van der Waals surface area contributed by atoms with Gasteiger partial charge < -0.3 is 15.5 Å². The number of nitrogens with zero attached hydrogens (tertiary/aromatic N) is 2. The fourth-order valence-corrected chi connectivity index (χ4v) is 3.03. The lowest BCUT2D eigenvalue weighted by Crippen LogP contribution is -2.49. The summed E-state index contributed by atoms with van der Waals surface area (Å²) in [5.41, 5.74) is 0.963. The van der Waals surface area contributed by atoms with Gasteiger partial charge in [-0.05, 0) is 37.8 Å². The zero-order valence-electron chi connectivity index (χ0n) is 14.6. The number of aromatic nitrogens is 1. The molecule has 2 atom stereocenters. The molecule has 2 heterocycles. The maximum Gasteiger partial charge on any atom is 0.317 e. The SMILES string of the molecule is CCC[C@@H](C)NC(=O)[C@H]1CCCN(C(=O)NCc2cccnc2)C1. The van der Waals surface area contributed by atoms with E-state index < -0.39 is 0 Å². The number of nitrogens with one attached hydrogen (secondary N) is 2. The molecule has 1 aromatic rings. The Balaban J connectivity index is 1.81. The van der Waals surface area contributed by atoms with Gasteiger partial charge in [0, 0.05) is 38.1 Å². The van der Waals surface area contributed by atoms with Crippen LogP contribution < -0.4 is 10.6 Å². The summed E-state index contributed by atoms with van der Waals surface area (Å²) >= 11 is 0. The monoisotopic (exact) mass is 332 g/mol. The number of amides is 3. The Morgan fingerprint density at radius 2 is 2.29 bits per heavy atom. The topological polar surface area (TPSA) is 74.3 Å². The van der Waals surface area contributed by atoms with E-state index >= 15 is 0 Å². The minimum absolute atomic E-state index is 0.0701. The molecule has 0 saturated carbocycles. The minimum Gasteiger partial charge on any atom is -0.353 e. The van der Waals surface area contributed by atoms with E-state index in [-0.39, 0.29) is 23.9 Å². The molecule has 132 valence electrons. The fourth-order valence-electron chi connectivity index (χ4n) is 3.03. The molecule has 1 aromatic heterocycles. The van der Waals surface area contributed by atoms with E-state index in [9.17, 15) is 9.59 Å². The number of carbonyl (C=O) groups is 2. The first-order valence-corrected chi connectivity index (χ1v) is 8.82. The number of carbonyl (C=O) groups excluding carboxylic acids is 2. The summed E-state index contributed by atoms with van der Waals surface area (Å²) in [6.07, 6.45) is 7.18. The van der Waals surface area contributed by atoms with Crippen molar-refractivity contribution >= 4 is 11.9 Å². The molecule has 24 heavy (non-hydrogen) atoms. The standard InChI is InChI=1S/C18H28N4O2/c1-3-6-14(2)21-17(23)16-8-5-10-22(13-16)18(24)20-12-15-7-4-9-19-11-15/h4,7,9,11,14,16H,3,5-6,8,10,12-13H2,1-2H3,(H,20,24)(H,21,23)/t14-,16+/m1/s1. The first-order valence-electron chi connectivity index (χ1n) is 8.82. The van der Waals surface area contributed by atoms with Crippen LogP contribution in [0.2, 0.25) is 0 Å². The van der Waals surface area contributed by atoms with Gasteiger partial charge in [0.2, 0.25) is 5.91 Å². The van der Waals surface area contributed by atoms with Crippen molar-refractivity contribution < 1.29 is 9.59 Å². The molecule has 1 saturated heterocycles. The van der Waals surface area contributed by atoms with E-state index in [0.29, 0.717) is 19.6 Å². The van der Waals surface area contributed by atoms with Crippen LogP contribution in [0.1, 0.15) is 45.1 Å². The fraction of sp³-hybridized carbons (Fsp3) is 0.611. The van der Waals surface area contributed by atoms with Crippen LogP contribution in [0.3, 0.4) is 0 Å². The van der Waals surface area contributed by atoms with Gasteiger partial charge in [0.05, 0.1) is 5.92 Å². The molecule has 1 fully saturated rings. The molecule has 1 aliphatic rings. The van der Waals surface area contributed by atoms with Gasteiger partial charge in [-0.3, -0.25) is 9.78 Å². The van der Waals surface area contributed by atoms with E-state index in [1.165, 1.54) is 0 Å². The summed E-state index contributed by atoms with van der Waals surface area (Å²) in [6, 6.07) is 3.85. The van der Waals surface area contributed by atoms with Gasteiger partial charge in [-0.1, -0.05) is 19.4 Å². The zero-order chi connectivity index (χ0) is 17.4. The summed E-state index contributed by atoms with van der Waals surface area (Å²) in [6.45, 7) is 5.78. The van der Waals surface area contributed by atoms with Crippen LogP contribution >= 0.6 is 0 Å². The molecule has 0 radical (unpaired) electrons. The van der Waals surface area contributed by atoms with Crippen LogP contribution in [0.25, 0.3) is 0 Å². The third-order valence-corrected chi connectivity index (χ3v) is 4.36. The second-order valence-corrected chi connectivity index (χ2v) is 6.50. The highest BCUT2D eigenvalue weighted by molar-refractivity contribution is 5.81. The Labute approximate surface area is 144 Å². The summed E-state index contributed by atoms with van der Waals surface area (Å²) in [7, 11) is 0. The second kappa shape index (κ2) is 9.25. The lowest BCUT2D eigenvalue weighted by molar-refractivity contribution is -0.126. The Morgan fingerprint density at radius 3 is 3.00 bits per heavy atom. The predicted molar refractivity (Wildman–Crippen MR) is 93.3 cm³/mol. The molecular formula is C18H28N4O2. The highest BCUT2D eigenvalue weighted by atomic mass is 16.2. The Bertz CT molecular complexity index is 535. The number of likely N-dealkylation sites (tertiary alicyclic amines) is 1. The summed E-state index contributed by atoms with van der Waals surface area (Å²) in [4.78, 5) is 30.5. The van der Waals surface area contributed by atoms with Crippen LogP contribution in [0.4, 0.5) is 4.79 Å². The van der Waals surface area contributed by atoms with Crippen LogP contribution in [-0.2, 0) is 11.3 Å². The quantitative estimate of drug-likeness (QED) is 0.839. The van der Waals surface area contributed by atoms with Crippen LogP contribution in [0.15, 0.2) is 24.5 Å². The third-order valence-electron chi connectivity index (χ3n) is 4.36. The van der Waals surface area contributed by atoms with E-state index in [2.05, 4.69) is 22.5 Å². The zero-order valence-corrected chi connectivity index (χ0v) is 14.6. The number of rotatable bonds is 6. The van der Waals surface area contributed by atoms with Gasteiger partial charge in [-0.25, -0.2) is 4.79 Å². The average molecular weight is 332 g/mol. The molecule has 6 heteroatoms. The van der Waals surface area contributed by atoms with E-state index in [1.54, 1.807) is 17.3 Å². The van der Waals surface area contributed by atoms with Crippen LogP contribution in [0, 0.1) is 5.92 Å². The molecule has 3 amide bonds. The molecule has 1 aliphatic heterocycles. The third kappa shape index (κ3) is 5.51. The van der Waals surface area contributed by atoms with E-state index in [4.69, 9.17) is 0 Å². The number of hydrogen-bond donors (Lipinski definition) is 2. The maximum absolute atomic E-state index is 12.4. The average Bonchev–Trinajstić information content (AvgIpc) is 2.61. The van der Waals surface area contributed by atoms with Crippen LogP contribution in [0.5, 0.6) is 0 Å². The summed E-state index contributed by atoms with van der Waals surface area (Å²) < 4.78 is 0. The van der Waals surface area contributed by atoms with Gasteiger partial charge in [0.1, 0.15) is 0 Å². The maximum atomic E-state index is 12.4. The second-order valence-electron chi connectivity index (χ2n) is 6.50. The highest BCUT2D eigenvalue weighted by Crippen LogP contribution is 2.17. The normalized spacial score (nSPS) is 18.8. The Kier molecular flexibility index (Phi) is 7.03. The van der Waals surface area contributed by atoms with E-state index in [1.807, 2.05) is 19.1 Å². The first-order chi connectivity index (χ1) is 11.6. The van der Waals surface area contributed by atoms with Crippen LogP contribution in [-0.4, -0.2) is 41.0 Å². The van der Waals surface area contributed by atoms with Crippen molar-refractivity contribution in [2.45, 2.75) is 52.1 Å². The minimum atomic E-state index is -0.113. The van der Waals surface area contributed by atoms with Crippen molar-refractivity contribution in [2.75, 3.05) is 13.1 Å². The number of pyridine rings is 1. The van der Waals surface area contributed by atoms with Gasteiger partial charge in [0.15, 0.2) is 0 Å². The molecule has 0 unspecified atom stereocenters. The number of urea groups is 1. The predicted octanol–water partition coefficient (Wildman–Crippen LogP) is 2.31. The summed E-state index contributed by atoms with van der Waals surface area (Å²) in [5.74, 6) is -0.0390. The highest BCUT2D eigenvalue weighted by Gasteiger charge is 2.28. The molecule has 0 aromatic carbocycles. The molecule has 2 rings (SSSR count). The lowest BCUT2D eigenvalue weighted by Gasteiger charge is -2.32. The van der Waals surface area contributed by atoms with E-state index in [0.717, 1.165) is 31.2 Å². The molecule has 0 spiro atoms. The van der Waals surface area contributed by atoms with Gasteiger partial charge in [-0.2, -0.15) is 0 Å². The summed E-state index contributed by atoms with van der Waals surface area (Å²) in [5, 5.41) is 5.97. The molecule has 0 bridgehead atoms. The Hall–Kier alpha value is -2.11. The lowest BCUT2D eigenvalue weighted by atomic mass is 9.97.